The van der Waals surface area contributed by atoms with Crippen LogP contribution in [-0.2, 0) is 26.5 Å². The van der Waals surface area contributed by atoms with E-state index < -0.39 is 11.8 Å². The first-order chi connectivity index (χ1) is 20.5. The summed E-state index contributed by atoms with van der Waals surface area (Å²) in [6, 6.07) is 33.6. The van der Waals surface area contributed by atoms with E-state index in [-0.39, 0.29) is 20.1 Å². The quantitative estimate of drug-likeness (QED) is 0.169. The molecule has 0 amide bonds. The van der Waals surface area contributed by atoms with Crippen molar-refractivity contribution < 1.29 is 27.3 Å². The Morgan fingerprint density at radius 3 is 2.50 bits per heavy atom. The van der Waals surface area contributed by atoms with Crippen LogP contribution in [0.2, 0.25) is 0 Å². The van der Waals surface area contributed by atoms with E-state index in [1.54, 1.807) is 11.3 Å². The van der Waals surface area contributed by atoms with Crippen LogP contribution in [0.3, 0.4) is 0 Å². The molecular formula is C37H31IrN2OS. The number of nitrogens with zero attached hydrogens (tertiary/aromatic N) is 2. The summed E-state index contributed by atoms with van der Waals surface area (Å²) < 4.78 is 24.6. The number of aryl methyl sites for hydroxylation is 2. The summed E-state index contributed by atoms with van der Waals surface area (Å²) in [5.41, 5.74) is 7.32. The summed E-state index contributed by atoms with van der Waals surface area (Å²) >= 11 is 1.55. The molecule has 0 atom stereocenters. The van der Waals surface area contributed by atoms with Crippen LogP contribution in [0.1, 0.15) is 40.3 Å². The van der Waals surface area contributed by atoms with Crippen molar-refractivity contribution >= 4 is 43.5 Å². The predicted molar refractivity (Wildman–Crippen MR) is 171 cm³/mol. The second-order valence-corrected chi connectivity index (χ2v) is 12.1. The van der Waals surface area contributed by atoms with Crippen molar-refractivity contribution in [3.05, 3.63) is 119 Å². The van der Waals surface area contributed by atoms with Crippen molar-refractivity contribution in [2.45, 2.75) is 41.0 Å². The molecule has 0 N–H and O–H groups in total. The van der Waals surface area contributed by atoms with Crippen LogP contribution in [-0.4, -0.2) is 9.97 Å². The van der Waals surface area contributed by atoms with E-state index in [0.717, 1.165) is 60.1 Å². The van der Waals surface area contributed by atoms with E-state index in [1.807, 2.05) is 113 Å². The standard InChI is InChI=1S/C25H21NOS.C12H10N.Ir/c1-15-8-10-20-19-7-5-6-18(23(19)27-24(20)26-15)16-9-11-22-21(12-16)17(14-28-22)13-25(2,3)4;1-10-7-8-12(13-9-10)11-5-3-2-4-6-11;/h5,7-8,10-12,14H,13H2,1-4H3;2-5,7-9H,1H3;/q-2;-1;+3/i13D2;;. The minimum Gasteiger partial charge on any atom is -0.496 e. The number of hydrogen-bond donors (Lipinski definition) is 0. The maximum absolute atomic E-state index is 8.75. The van der Waals surface area contributed by atoms with Crippen molar-refractivity contribution in [2.24, 2.45) is 5.41 Å². The van der Waals surface area contributed by atoms with Gasteiger partial charge in [-0.15, -0.1) is 48.0 Å². The molecule has 210 valence electrons. The molecule has 0 saturated heterocycles. The molecule has 0 radical (unpaired) electrons. The Kier molecular flexibility index (Phi) is 7.98. The van der Waals surface area contributed by atoms with Crippen LogP contribution in [0, 0.1) is 37.5 Å². The van der Waals surface area contributed by atoms with Gasteiger partial charge in [-0.05, 0) is 64.7 Å². The summed E-state index contributed by atoms with van der Waals surface area (Å²) in [6.45, 7) is 9.79. The molecule has 7 aromatic rings. The van der Waals surface area contributed by atoms with Gasteiger partial charge in [0.1, 0.15) is 0 Å². The molecule has 3 nitrogen and oxygen atoms in total. The van der Waals surface area contributed by atoms with Gasteiger partial charge in [-0.2, -0.15) is 41.2 Å². The van der Waals surface area contributed by atoms with Crippen LogP contribution >= 0.6 is 11.3 Å². The third-order valence-electron chi connectivity index (χ3n) is 6.62. The summed E-state index contributed by atoms with van der Waals surface area (Å²) in [4.78, 5) is 8.84. The van der Waals surface area contributed by atoms with Crippen molar-refractivity contribution in [3.8, 4) is 22.4 Å². The average molecular weight is 746 g/mol. The van der Waals surface area contributed by atoms with Gasteiger partial charge < -0.3 is 9.40 Å². The maximum Gasteiger partial charge on any atom is 3.00 e. The second-order valence-electron chi connectivity index (χ2n) is 11.1. The summed E-state index contributed by atoms with van der Waals surface area (Å²) in [7, 11) is 0. The zero-order valence-electron chi connectivity index (χ0n) is 26.1. The number of fused-ring (bicyclic) bond motifs is 4. The average Bonchev–Trinajstić information content (AvgIpc) is 3.59. The number of hydrogen-bond acceptors (Lipinski definition) is 4. The fraction of sp³-hybridized carbons (Fsp3) is 0.189. The van der Waals surface area contributed by atoms with Crippen LogP contribution in [0.15, 0.2) is 88.8 Å². The normalized spacial score (nSPS) is 12.4. The Morgan fingerprint density at radius 1 is 0.905 bits per heavy atom. The second kappa shape index (κ2) is 12.3. The van der Waals surface area contributed by atoms with Gasteiger partial charge in [-0.3, -0.25) is 0 Å². The van der Waals surface area contributed by atoms with E-state index >= 15 is 0 Å². The van der Waals surface area contributed by atoms with Crippen molar-refractivity contribution in [1.29, 1.82) is 0 Å². The smallest absolute Gasteiger partial charge is 0.496 e. The molecule has 5 heteroatoms. The number of benzene rings is 3. The molecule has 0 aliphatic carbocycles. The van der Waals surface area contributed by atoms with E-state index in [2.05, 4.69) is 34.2 Å². The molecule has 0 aliphatic rings. The molecule has 0 aliphatic heterocycles. The third kappa shape index (κ3) is 6.39. The van der Waals surface area contributed by atoms with E-state index in [9.17, 15) is 0 Å². The molecule has 3 aromatic carbocycles. The fourth-order valence-electron chi connectivity index (χ4n) is 4.71. The fourth-order valence-corrected chi connectivity index (χ4v) is 5.57. The number of rotatable bonds is 3. The molecule has 42 heavy (non-hydrogen) atoms. The summed E-state index contributed by atoms with van der Waals surface area (Å²) in [5.74, 6) is 0. The number of aromatic nitrogens is 2. The molecule has 0 spiro atoms. The Bertz CT molecular complexity index is 2060. The van der Waals surface area contributed by atoms with Gasteiger partial charge in [0.15, 0.2) is 0 Å². The van der Waals surface area contributed by atoms with E-state index in [4.69, 9.17) is 7.16 Å². The molecular weight excluding hydrogens is 713 g/mol. The van der Waals surface area contributed by atoms with Gasteiger partial charge in [-0.1, -0.05) is 43.7 Å². The van der Waals surface area contributed by atoms with Crippen molar-refractivity contribution in [3.63, 3.8) is 0 Å². The van der Waals surface area contributed by atoms with Gasteiger partial charge in [0.25, 0.3) is 0 Å². The Hall–Kier alpha value is -3.63. The van der Waals surface area contributed by atoms with Crippen LogP contribution in [0.25, 0.3) is 54.5 Å². The van der Waals surface area contributed by atoms with Crippen LogP contribution in [0.4, 0.5) is 0 Å². The summed E-state index contributed by atoms with van der Waals surface area (Å²) in [6.07, 6.45) is 0.413. The minimum atomic E-state index is -1.46. The number of furan rings is 1. The third-order valence-corrected chi connectivity index (χ3v) is 7.57. The van der Waals surface area contributed by atoms with Crippen molar-refractivity contribution in [2.75, 3.05) is 0 Å². The first kappa shape index (κ1) is 27.2. The monoisotopic (exact) mass is 746 g/mol. The number of thiophene rings is 1. The molecule has 0 saturated carbocycles. The van der Waals surface area contributed by atoms with E-state index in [1.165, 1.54) is 5.56 Å². The van der Waals surface area contributed by atoms with Gasteiger partial charge in [0.05, 0.1) is 0 Å². The van der Waals surface area contributed by atoms with E-state index in [0.29, 0.717) is 5.71 Å². The Labute approximate surface area is 267 Å². The van der Waals surface area contributed by atoms with Gasteiger partial charge >= 0.3 is 20.1 Å². The molecule has 0 unspecified atom stereocenters. The minimum absolute atomic E-state index is 0. The molecule has 0 bridgehead atoms. The molecule has 0 fully saturated rings. The molecule has 4 heterocycles. The van der Waals surface area contributed by atoms with Crippen LogP contribution < -0.4 is 0 Å². The predicted octanol–water partition coefficient (Wildman–Crippen LogP) is 10.2. The first-order valence-electron chi connectivity index (χ1n) is 14.6. The number of pyridine rings is 2. The largest absolute Gasteiger partial charge is 3.00 e. The maximum atomic E-state index is 8.75. The zero-order chi connectivity index (χ0) is 30.4. The van der Waals surface area contributed by atoms with Gasteiger partial charge in [0.2, 0.25) is 5.71 Å². The first-order valence-corrected chi connectivity index (χ1v) is 14.4. The summed E-state index contributed by atoms with van der Waals surface area (Å²) in [5, 5.41) is 4.83. The molecule has 4 aromatic heterocycles. The molecule has 7 rings (SSSR count). The SMILES string of the molecule is Cc1ccc(-c2[c-]cccc2)nc1.[2H]C([2H])(c1csc2c[c-]c(-c3[c-]ccc4c3oc3nc(C)ccc34)cc12)C(C)(C)C.[Ir+3]. The van der Waals surface area contributed by atoms with Crippen molar-refractivity contribution in [1.82, 2.24) is 9.97 Å². The Balaban J connectivity index is 0.000000230. The Morgan fingerprint density at radius 2 is 1.76 bits per heavy atom. The topological polar surface area (TPSA) is 38.9 Å². The van der Waals surface area contributed by atoms with Gasteiger partial charge in [-0.25, -0.2) is 10.5 Å². The van der Waals surface area contributed by atoms with Crippen LogP contribution in [0.5, 0.6) is 0 Å². The zero-order valence-corrected chi connectivity index (χ0v) is 27.3. The van der Waals surface area contributed by atoms with Gasteiger partial charge in [0, 0.05) is 25.6 Å².